The molecule has 1 aromatic rings. The third-order valence-corrected chi connectivity index (χ3v) is 7.64. The molecule has 2 atom stereocenters. The molecule has 0 spiro atoms. The van der Waals surface area contributed by atoms with Gasteiger partial charge < -0.3 is 10.1 Å². The Kier molecular flexibility index (Phi) is 6.66. The van der Waals surface area contributed by atoms with Crippen LogP contribution in [0.2, 0.25) is 0 Å². The SMILES string of the molecule is CSc1ccc(SC[C@H]2CC[C@@](C)(NC(=O)OC(C)(C)C)C2(C)C)cc1. The maximum absolute atomic E-state index is 12.3. The first kappa shape index (κ1) is 21.5. The smallest absolute Gasteiger partial charge is 0.408 e. The summed E-state index contributed by atoms with van der Waals surface area (Å²) in [5.74, 6) is 1.62. The van der Waals surface area contributed by atoms with Crippen molar-refractivity contribution in [2.75, 3.05) is 12.0 Å². The van der Waals surface area contributed by atoms with Crippen molar-refractivity contribution in [3.8, 4) is 0 Å². The van der Waals surface area contributed by atoms with E-state index in [1.54, 1.807) is 11.8 Å². The lowest BCUT2D eigenvalue weighted by atomic mass is 9.72. The molecule has 1 aromatic carbocycles. The van der Waals surface area contributed by atoms with Crippen molar-refractivity contribution in [2.45, 2.75) is 75.3 Å². The molecule has 0 saturated heterocycles. The van der Waals surface area contributed by atoms with Crippen molar-refractivity contribution >= 4 is 29.6 Å². The highest BCUT2D eigenvalue weighted by Crippen LogP contribution is 2.51. The summed E-state index contributed by atoms with van der Waals surface area (Å²) < 4.78 is 5.49. The molecule has 1 amide bonds. The van der Waals surface area contributed by atoms with Gasteiger partial charge in [0, 0.05) is 21.1 Å². The molecule has 1 fully saturated rings. The third-order valence-electron chi connectivity index (χ3n) is 5.72. The van der Waals surface area contributed by atoms with E-state index in [0.717, 1.165) is 18.6 Å². The number of nitrogens with one attached hydrogen (secondary N) is 1. The van der Waals surface area contributed by atoms with E-state index >= 15 is 0 Å². The van der Waals surface area contributed by atoms with Crippen molar-refractivity contribution in [2.24, 2.45) is 11.3 Å². The summed E-state index contributed by atoms with van der Waals surface area (Å²) in [6.07, 6.45) is 3.89. The quantitative estimate of drug-likeness (QED) is 0.601. The monoisotopic (exact) mass is 395 g/mol. The molecule has 26 heavy (non-hydrogen) atoms. The number of hydrogen-bond acceptors (Lipinski definition) is 4. The average Bonchev–Trinajstić information content (AvgIpc) is 2.74. The number of amides is 1. The molecule has 2 rings (SSSR count). The molecular weight excluding hydrogens is 362 g/mol. The van der Waals surface area contributed by atoms with E-state index in [1.165, 1.54) is 9.79 Å². The summed E-state index contributed by atoms with van der Waals surface area (Å²) in [4.78, 5) is 14.9. The predicted octanol–water partition coefficient (Wildman–Crippen LogP) is 6.22. The Hall–Kier alpha value is -0.810. The van der Waals surface area contributed by atoms with Crippen LogP contribution in [0.5, 0.6) is 0 Å². The second-order valence-corrected chi connectivity index (χ2v) is 10.9. The Morgan fingerprint density at radius 1 is 1.19 bits per heavy atom. The second kappa shape index (κ2) is 8.05. The van der Waals surface area contributed by atoms with Crippen LogP contribution in [0.3, 0.4) is 0 Å². The van der Waals surface area contributed by atoms with Gasteiger partial charge in [-0.05, 0) is 82.4 Å². The van der Waals surface area contributed by atoms with Gasteiger partial charge in [0.05, 0.1) is 0 Å². The summed E-state index contributed by atoms with van der Waals surface area (Å²) in [6.45, 7) is 12.4. The van der Waals surface area contributed by atoms with Crippen LogP contribution >= 0.6 is 23.5 Å². The van der Waals surface area contributed by atoms with E-state index in [2.05, 4.69) is 56.6 Å². The zero-order chi connectivity index (χ0) is 19.6. The molecule has 3 nitrogen and oxygen atoms in total. The summed E-state index contributed by atoms with van der Waals surface area (Å²) in [5.41, 5.74) is -0.708. The maximum atomic E-state index is 12.3. The molecule has 1 N–H and O–H groups in total. The lowest BCUT2D eigenvalue weighted by Crippen LogP contribution is -2.55. The molecule has 0 aliphatic heterocycles. The molecule has 0 radical (unpaired) electrons. The molecule has 1 aliphatic rings. The van der Waals surface area contributed by atoms with Crippen molar-refractivity contribution in [3.05, 3.63) is 24.3 Å². The van der Waals surface area contributed by atoms with Crippen LogP contribution in [0.15, 0.2) is 34.1 Å². The lowest BCUT2D eigenvalue weighted by Gasteiger charge is -2.42. The van der Waals surface area contributed by atoms with Crippen molar-refractivity contribution in [1.29, 1.82) is 0 Å². The highest BCUT2D eigenvalue weighted by Gasteiger charge is 2.52. The fourth-order valence-corrected chi connectivity index (χ4v) is 5.22. The number of ether oxygens (including phenoxy) is 1. The second-order valence-electron chi connectivity index (χ2n) is 8.90. The fourth-order valence-electron chi connectivity index (χ4n) is 3.51. The first-order chi connectivity index (χ1) is 12.0. The minimum atomic E-state index is -0.471. The van der Waals surface area contributed by atoms with E-state index in [0.29, 0.717) is 5.92 Å². The largest absolute Gasteiger partial charge is 0.444 e. The highest BCUT2D eigenvalue weighted by atomic mass is 32.2. The maximum Gasteiger partial charge on any atom is 0.408 e. The number of alkyl carbamates (subject to hydrolysis) is 1. The minimum Gasteiger partial charge on any atom is -0.444 e. The van der Waals surface area contributed by atoms with Crippen molar-refractivity contribution < 1.29 is 9.53 Å². The van der Waals surface area contributed by atoms with Crippen LogP contribution in [0.25, 0.3) is 0 Å². The van der Waals surface area contributed by atoms with Gasteiger partial charge in [-0.15, -0.1) is 23.5 Å². The Bertz CT molecular complexity index is 622. The standard InChI is InChI=1S/C21H33NO2S2/c1-19(2,3)24-18(23)22-21(6)13-12-15(20(21,4)5)14-26-17-10-8-16(25-7)9-11-17/h8-11,15H,12-14H2,1-7H3,(H,22,23)/t15-,21-/m1/s1. The van der Waals surface area contributed by atoms with Gasteiger partial charge in [-0.2, -0.15) is 0 Å². The number of hydrogen-bond donors (Lipinski definition) is 1. The van der Waals surface area contributed by atoms with Crippen LogP contribution in [0.4, 0.5) is 4.79 Å². The van der Waals surface area contributed by atoms with E-state index in [-0.39, 0.29) is 17.0 Å². The lowest BCUT2D eigenvalue weighted by molar-refractivity contribution is 0.0360. The molecule has 0 aromatic heterocycles. The van der Waals surface area contributed by atoms with Crippen LogP contribution < -0.4 is 5.32 Å². The van der Waals surface area contributed by atoms with Gasteiger partial charge in [-0.25, -0.2) is 4.79 Å². The predicted molar refractivity (Wildman–Crippen MR) is 113 cm³/mol. The summed E-state index contributed by atoms with van der Waals surface area (Å²) in [6, 6.07) is 8.77. The van der Waals surface area contributed by atoms with Gasteiger partial charge in [0.1, 0.15) is 5.60 Å². The molecule has 0 unspecified atom stereocenters. The van der Waals surface area contributed by atoms with Crippen LogP contribution in [0, 0.1) is 11.3 Å². The summed E-state index contributed by atoms with van der Waals surface area (Å²) >= 11 is 3.68. The zero-order valence-corrected chi connectivity index (χ0v) is 18.8. The number of carbonyl (C=O) groups excluding carboxylic acids is 1. The fraction of sp³-hybridized carbons (Fsp3) is 0.667. The molecule has 5 heteroatoms. The van der Waals surface area contributed by atoms with E-state index < -0.39 is 5.60 Å². The Morgan fingerprint density at radius 2 is 1.77 bits per heavy atom. The summed E-state index contributed by atoms with van der Waals surface area (Å²) in [5, 5.41) is 3.17. The van der Waals surface area contributed by atoms with E-state index in [1.807, 2.05) is 32.5 Å². The van der Waals surface area contributed by atoms with Gasteiger partial charge in [-0.3, -0.25) is 0 Å². The third kappa shape index (κ3) is 5.13. The Labute approximate surface area is 167 Å². The molecule has 0 heterocycles. The summed E-state index contributed by atoms with van der Waals surface area (Å²) in [7, 11) is 0. The van der Waals surface area contributed by atoms with Crippen molar-refractivity contribution in [1.82, 2.24) is 5.32 Å². The number of thioether (sulfide) groups is 2. The van der Waals surface area contributed by atoms with Crippen LogP contribution in [0.1, 0.15) is 54.4 Å². The van der Waals surface area contributed by atoms with Gasteiger partial charge >= 0.3 is 6.09 Å². The molecule has 1 aliphatic carbocycles. The number of rotatable bonds is 5. The van der Waals surface area contributed by atoms with Crippen LogP contribution in [-0.2, 0) is 4.74 Å². The van der Waals surface area contributed by atoms with E-state index in [4.69, 9.17) is 4.74 Å². The first-order valence-corrected chi connectivity index (χ1v) is 11.5. The minimum absolute atomic E-state index is 0.0100. The topological polar surface area (TPSA) is 38.3 Å². The van der Waals surface area contributed by atoms with E-state index in [9.17, 15) is 4.79 Å². The molecular formula is C21H33NO2S2. The first-order valence-electron chi connectivity index (χ1n) is 9.25. The Morgan fingerprint density at radius 3 is 2.31 bits per heavy atom. The Balaban J connectivity index is 1.98. The van der Waals surface area contributed by atoms with Gasteiger partial charge in [0.15, 0.2) is 0 Å². The zero-order valence-electron chi connectivity index (χ0n) is 17.1. The molecule has 1 saturated carbocycles. The normalized spacial score (nSPS) is 25.1. The number of benzene rings is 1. The van der Waals surface area contributed by atoms with Crippen LogP contribution in [-0.4, -0.2) is 29.2 Å². The molecule has 146 valence electrons. The van der Waals surface area contributed by atoms with Gasteiger partial charge in [0.2, 0.25) is 0 Å². The average molecular weight is 396 g/mol. The van der Waals surface area contributed by atoms with Gasteiger partial charge in [0.25, 0.3) is 0 Å². The number of carbonyl (C=O) groups is 1. The highest BCUT2D eigenvalue weighted by molar-refractivity contribution is 7.99. The van der Waals surface area contributed by atoms with Crippen molar-refractivity contribution in [3.63, 3.8) is 0 Å². The van der Waals surface area contributed by atoms with Gasteiger partial charge in [-0.1, -0.05) is 13.8 Å². The molecule has 0 bridgehead atoms.